The second kappa shape index (κ2) is 8.37. The van der Waals surface area contributed by atoms with Gasteiger partial charge in [0.25, 0.3) is 5.91 Å². The number of nitrogens with one attached hydrogen (secondary N) is 3. The van der Waals surface area contributed by atoms with Crippen molar-refractivity contribution in [2.75, 3.05) is 19.8 Å². The lowest BCUT2D eigenvalue weighted by Gasteiger charge is -2.18. The number of hydrogen-bond donors (Lipinski definition) is 3. The summed E-state index contributed by atoms with van der Waals surface area (Å²) in [7, 11) is -3.81. The van der Waals surface area contributed by atoms with Gasteiger partial charge in [0.2, 0.25) is 15.9 Å². The summed E-state index contributed by atoms with van der Waals surface area (Å²) < 4.78 is 37.7. The standard InChI is InChI=1S/C16H17N3O6S2/c20-15(18-19-16(21)14-2-1-9-26-14)5-6-17-27(22,23)11-3-4-12-13(10-11)25-8-7-24-12/h1-4,9-10,17H,5-8H2,(H,18,20)(H,19,21). The Kier molecular flexibility index (Phi) is 5.94. The highest BCUT2D eigenvalue weighted by atomic mass is 32.2. The van der Waals surface area contributed by atoms with Crippen LogP contribution in [-0.2, 0) is 14.8 Å². The van der Waals surface area contributed by atoms with E-state index in [1.165, 1.54) is 29.5 Å². The average Bonchev–Trinajstić information content (AvgIpc) is 3.20. The predicted octanol–water partition coefficient (Wildman–Crippen LogP) is 0.649. The van der Waals surface area contributed by atoms with Crippen molar-refractivity contribution in [3.8, 4) is 11.5 Å². The number of ether oxygens (including phenoxy) is 2. The maximum Gasteiger partial charge on any atom is 0.279 e. The zero-order valence-electron chi connectivity index (χ0n) is 14.1. The molecule has 144 valence electrons. The van der Waals surface area contributed by atoms with Crippen LogP contribution in [0.3, 0.4) is 0 Å². The van der Waals surface area contributed by atoms with Gasteiger partial charge in [-0.25, -0.2) is 13.1 Å². The molecule has 11 heteroatoms. The molecule has 1 aliphatic rings. The summed E-state index contributed by atoms with van der Waals surface area (Å²) in [6, 6.07) is 7.63. The normalized spacial score (nSPS) is 13.0. The van der Waals surface area contributed by atoms with Gasteiger partial charge < -0.3 is 9.47 Å². The summed E-state index contributed by atoms with van der Waals surface area (Å²) in [4.78, 5) is 23.9. The molecule has 0 saturated carbocycles. The Balaban J connectivity index is 1.47. The monoisotopic (exact) mass is 411 g/mol. The van der Waals surface area contributed by atoms with Gasteiger partial charge in [0.05, 0.1) is 9.77 Å². The highest BCUT2D eigenvalue weighted by Crippen LogP contribution is 2.32. The second-order valence-electron chi connectivity index (χ2n) is 5.43. The minimum absolute atomic E-state index is 0.0122. The summed E-state index contributed by atoms with van der Waals surface area (Å²) in [6.45, 7) is 0.633. The van der Waals surface area contributed by atoms with Crippen molar-refractivity contribution in [3.63, 3.8) is 0 Å². The van der Waals surface area contributed by atoms with Crippen molar-refractivity contribution < 1.29 is 27.5 Å². The first kappa shape index (κ1) is 19.1. The molecule has 0 fully saturated rings. The van der Waals surface area contributed by atoms with Gasteiger partial charge in [-0.15, -0.1) is 11.3 Å². The number of rotatable bonds is 6. The third-order valence-corrected chi connectivity index (χ3v) is 5.86. The van der Waals surface area contributed by atoms with Gasteiger partial charge in [0, 0.05) is 19.0 Å². The molecule has 0 saturated heterocycles. The number of hydrogen-bond acceptors (Lipinski definition) is 7. The predicted molar refractivity (Wildman–Crippen MR) is 97.2 cm³/mol. The zero-order chi connectivity index (χ0) is 19.3. The quantitative estimate of drug-likeness (QED) is 0.600. The average molecular weight is 411 g/mol. The Morgan fingerprint density at radius 2 is 1.85 bits per heavy atom. The first-order valence-electron chi connectivity index (χ1n) is 7.98. The topological polar surface area (TPSA) is 123 Å². The molecule has 0 bridgehead atoms. The number of amides is 2. The third kappa shape index (κ3) is 4.96. The van der Waals surface area contributed by atoms with E-state index in [2.05, 4.69) is 15.6 Å². The number of carbonyl (C=O) groups excluding carboxylic acids is 2. The van der Waals surface area contributed by atoms with Crippen LogP contribution < -0.4 is 25.0 Å². The van der Waals surface area contributed by atoms with Gasteiger partial charge in [-0.05, 0) is 23.6 Å². The lowest BCUT2D eigenvalue weighted by Crippen LogP contribution is -2.42. The number of sulfonamides is 1. The molecule has 0 unspecified atom stereocenters. The van der Waals surface area contributed by atoms with E-state index in [0.717, 1.165) is 0 Å². The van der Waals surface area contributed by atoms with Crippen LogP contribution in [0.4, 0.5) is 0 Å². The van der Waals surface area contributed by atoms with Gasteiger partial charge in [0.15, 0.2) is 11.5 Å². The van der Waals surface area contributed by atoms with E-state index >= 15 is 0 Å². The van der Waals surface area contributed by atoms with Crippen molar-refractivity contribution in [2.45, 2.75) is 11.3 Å². The van der Waals surface area contributed by atoms with Gasteiger partial charge in [-0.3, -0.25) is 20.4 Å². The van der Waals surface area contributed by atoms with Gasteiger partial charge >= 0.3 is 0 Å². The van der Waals surface area contributed by atoms with Gasteiger partial charge in [-0.2, -0.15) is 0 Å². The van der Waals surface area contributed by atoms with Crippen LogP contribution in [0.15, 0.2) is 40.6 Å². The Morgan fingerprint density at radius 3 is 2.59 bits per heavy atom. The maximum atomic E-state index is 12.3. The Labute approximate surface area is 159 Å². The van der Waals surface area contributed by atoms with Crippen LogP contribution >= 0.6 is 11.3 Å². The van der Waals surface area contributed by atoms with Gasteiger partial charge in [-0.1, -0.05) is 6.07 Å². The van der Waals surface area contributed by atoms with E-state index < -0.39 is 21.8 Å². The Hall–Kier alpha value is -2.63. The summed E-state index contributed by atoms with van der Waals surface area (Å²) >= 11 is 1.24. The lowest BCUT2D eigenvalue weighted by molar-refractivity contribution is -0.121. The molecule has 1 aromatic heterocycles. The maximum absolute atomic E-state index is 12.3. The molecule has 3 N–H and O–H groups in total. The molecule has 1 aliphatic heterocycles. The molecular formula is C16H17N3O6S2. The largest absolute Gasteiger partial charge is 0.486 e. The van der Waals surface area contributed by atoms with E-state index in [1.54, 1.807) is 17.5 Å². The van der Waals surface area contributed by atoms with Crippen molar-refractivity contribution in [1.29, 1.82) is 0 Å². The number of hydrazine groups is 1. The molecule has 1 aromatic carbocycles. The molecule has 0 aliphatic carbocycles. The smallest absolute Gasteiger partial charge is 0.279 e. The van der Waals surface area contributed by atoms with Crippen molar-refractivity contribution in [3.05, 3.63) is 40.6 Å². The molecule has 0 atom stereocenters. The van der Waals surface area contributed by atoms with Gasteiger partial charge in [0.1, 0.15) is 13.2 Å². The highest BCUT2D eigenvalue weighted by Gasteiger charge is 2.19. The fourth-order valence-corrected chi connectivity index (χ4v) is 3.90. The summed E-state index contributed by atoms with van der Waals surface area (Å²) in [5.74, 6) is -0.112. The number of carbonyl (C=O) groups is 2. The van der Waals surface area contributed by atoms with Crippen molar-refractivity contribution in [2.24, 2.45) is 0 Å². The molecule has 3 rings (SSSR count). The minimum Gasteiger partial charge on any atom is -0.486 e. The molecule has 2 amide bonds. The van der Waals surface area contributed by atoms with E-state index in [-0.39, 0.29) is 17.9 Å². The Morgan fingerprint density at radius 1 is 1.07 bits per heavy atom. The Bertz CT molecular complexity index is 928. The zero-order valence-corrected chi connectivity index (χ0v) is 15.7. The second-order valence-corrected chi connectivity index (χ2v) is 8.15. The first-order valence-corrected chi connectivity index (χ1v) is 10.3. The number of thiophene rings is 1. The summed E-state index contributed by atoms with van der Waals surface area (Å²) in [5, 5.41) is 1.74. The van der Waals surface area contributed by atoms with Crippen LogP contribution in [0.5, 0.6) is 11.5 Å². The summed E-state index contributed by atoms with van der Waals surface area (Å²) in [6.07, 6.45) is -0.144. The van der Waals surface area contributed by atoms with E-state index in [9.17, 15) is 18.0 Å². The molecule has 27 heavy (non-hydrogen) atoms. The SMILES string of the molecule is O=C(CCNS(=O)(=O)c1ccc2c(c1)OCCO2)NNC(=O)c1cccs1. The van der Waals surface area contributed by atoms with Crippen LogP contribution in [0, 0.1) is 0 Å². The fraction of sp³-hybridized carbons (Fsp3) is 0.250. The molecule has 9 nitrogen and oxygen atoms in total. The summed E-state index contributed by atoms with van der Waals surface area (Å²) in [5.41, 5.74) is 4.50. The van der Waals surface area contributed by atoms with Crippen molar-refractivity contribution >= 4 is 33.2 Å². The molecule has 2 aromatic rings. The van der Waals surface area contributed by atoms with E-state index in [4.69, 9.17) is 9.47 Å². The molecule has 2 heterocycles. The van der Waals surface area contributed by atoms with E-state index in [0.29, 0.717) is 29.6 Å². The van der Waals surface area contributed by atoms with Crippen LogP contribution in [0.25, 0.3) is 0 Å². The first-order chi connectivity index (χ1) is 13.0. The molecule has 0 radical (unpaired) electrons. The number of fused-ring (bicyclic) bond motifs is 1. The van der Waals surface area contributed by atoms with Crippen LogP contribution in [0.1, 0.15) is 16.1 Å². The van der Waals surface area contributed by atoms with Crippen LogP contribution in [0.2, 0.25) is 0 Å². The highest BCUT2D eigenvalue weighted by molar-refractivity contribution is 7.89. The fourth-order valence-electron chi connectivity index (χ4n) is 2.23. The van der Waals surface area contributed by atoms with Crippen molar-refractivity contribution in [1.82, 2.24) is 15.6 Å². The molecule has 0 spiro atoms. The molecular weight excluding hydrogens is 394 g/mol. The lowest BCUT2D eigenvalue weighted by atomic mass is 10.3. The van der Waals surface area contributed by atoms with E-state index in [1.807, 2.05) is 0 Å². The minimum atomic E-state index is -3.81. The third-order valence-electron chi connectivity index (χ3n) is 3.53. The number of benzene rings is 1. The van der Waals surface area contributed by atoms with Crippen LogP contribution in [-0.4, -0.2) is 40.0 Å².